The number of nitrogens with zero attached hydrogens (tertiary/aromatic N) is 5. The van der Waals surface area contributed by atoms with Crippen LogP contribution >= 0.6 is 22.9 Å². The highest BCUT2D eigenvalue weighted by Gasteiger charge is 2.49. The number of hydrogen-bond donors (Lipinski definition) is 2. The van der Waals surface area contributed by atoms with E-state index >= 15 is 4.39 Å². The van der Waals surface area contributed by atoms with E-state index in [1.165, 1.54) is 12.1 Å². The van der Waals surface area contributed by atoms with Crippen molar-refractivity contribution >= 4 is 54.9 Å². The number of aromatic nitrogens is 2. The van der Waals surface area contributed by atoms with Gasteiger partial charge in [0.25, 0.3) is 0 Å². The molecule has 4 saturated heterocycles. The van der Waals surface area contributed by atoms with Gasteiger partial charge in [-0.2, -0.15) is 5.26 Å². The van der Waals surface area contributed by atoms with Crippen LogP contribution in [0.1, 0.15) is 37.7 Å². The fourth-order valence-corrected chi connectivity index (χ4v) is 9.06. The predicted molar refractivity (Wildman–Crippen MR) is 165 cm³/mol. The second-order valence-electron chi connectivity index (χ2n) is 12.3. The predicted octanol–water partition coefficient (Wildman–Crippen LogP) is 5.79. The molecule has 8 nitrogen and oxygen atoms in total. The lowest BCUT2D eigenvalue weighted by atomic mass is 9.94. The normalized spacial score (nSPS) is 26.5. The summed E-state index contributed by atoms with van der Waals surface area (Å²) < 4.78 is 52.6. The summed E-state index contributed by atoms with van der Waals surface area (Å²) in [7, 11) is 0. The SMILES string of the molecule is N#Cc1c(OCC23CCCN2C[C@H](F)C3)nc2c(F)c(-c3ccc(F)c4sc(N)nc34)c(Cl)cc2c1N1C2CCC1CNC2. The van der Waals surface area contributed by atoms with Gasteiger partial charge >= 0.3 is 0 Å². The van der Waals surface area contributed by atoms with E-state index in [-0.39, 0.29) is 67.1 Å². The zero-order valence-electron chi connectivity index (χ0n) is 23.7. The Morgan fingerprint density at radius 3 is 2.77 bits per heavy atom. The molecule has 2 bridgehead atoms. The number of benzene rings is 2. The molecule has 0 aliphatic carbocycles. The van der Waals surface area contributed by atoms with Crippen LogP contribution in [0.15, 0.2) is 18.2 Å². The average Bonchev–Trinajstić information content (AvgIpc) is 3.72. The lowest BCUT2D eigenvalue weighted by Crippen LogP contribution is -2.52. The van der Waals surface area contributed by atoms with Crippen molar-refractivity contribution in [2.45, 2.75) is 55.9 Å². The molecule has 8 rings (SSSR count). The van der Waals surface area contributed by atoms with E-state index in [0.29, 0.717) is 24.0 Å². The van der Waals surface area contributed by atoms with Gasteiger partial charge in [0.15, 0.2) is 10.9 Å². The quantitative estimate of drug-likeness (QED) is 0.283. The fraction of sp³-hybridized carbons (Fsp3) is 0.452. The zero-order chi connectivity index (χ0) is 30.3. The minimum Gasteiger partial charge on any atom is -0.475 e. The number of anilines is 2. The lowest BCUT2D eigenvalue weighted by Gasteiger charge is -2.38. The van der Waals surface area contributed by atoms with Crippen molar-refractivity contribution < 1.29 is 17.9 Å². The molecule has 4 aliphatic rings. The molecule has 4 atom stereocenters. The number of halogens is 4. The van der Waals surface area contributed by atoms with E-state index in [2.05, 4.69) is 31.2 Å². The second-order valence-corrected chi connectivity index (χ2v) is 13.8. The largest absolute Gasteiger partial charge is 0.475 e. The number of nitriles is 1. The van der Waals surface area contributed by atoms with Gasteiger partial charge in [0.2, 0.25) is 5.88 Å². The molecule has 228 valence electrons. The van der Waals surface area contributed by atoms with E-state index in [9.17, 15) is 14.0 Å². The summed E-state index contributed by atoms with van der Waals surface area (Å²) in [5.74, 6) is -1.22. The van der Waals surface area contributed by atoms with Crippen molar-refractivity contribution in [2.24, 2.45) is 0 Å². The van der Waals surface area contributed by atoms with Gasteiger partial charge in [0.1, 0.15) is 35.7 Å². The van der Waals surface area contributed by atoms with Gasteiger partial charge < -0.3 is 20.7 Å². The maximum absolute atomic E-state index is 16.9. The number of ether oxygens (including phenoxy) is 1. The van der Waals surface area contributed by atoms with E-state index < -0.39 is 23.3 Å². The van der Waals surface area contributed by atoms with Gasteiger partial charge in [-0.25, -0.2) is 23.1 Å². The lowest BCUT2D eigenvalue weighted by molar-refractivity contribution is 0.110. The van der Waals surface area contributed by atoms with Crippen LogP contribution in [-0.2, 0) is 0 Å². The third-order valence-electron chi connectivity index (χ3n) is 9.88. The number of rotatable bonds is 5. The van der Waals surface area contributed by atoms with Crippen LogP contribution in [0.2, 0.25) is 5.02 Å². The van der Waals surface area contributed by atoms with Crippen LogP contribution < -0.4 is 20.7 Å². The molecule has 3 unspecified atom stereocenters. The standard InChI is InChI=1S/C31H29ClF3N7OS/c32-21-8-19-25(24(35)23(21)18-4-5-22(34)28-26(18)40-30(37)44-28)39-29(43-14-31-6-1-7-41(31)13-15(33)9-31)20(10-36)27(19)42-16-2-3-17(42)12-38-11-16/h4-5,8,15-17,38H,1-3,6-7,9,11-14H2,(H2,37,40)/t15-,16?,17?,31?/m1/s1. The van der Waals surface area contributed by atoms with Gasteiger partial charge in [-0.05, 0) is 50.4 Å². The Labute approximate surface area is 260 Å². The van der Waals surface area contributed by atoms with Crippen LogP contribution in [0.4, 0.5) is 24.0 Å². The average molecular weight is 640 g/mol. The summed E-state index contributed by atoms with van der Waals surface area (Å²) in [4.78, 5) is 13.2. The molecule has 0 spiro atoms. The first-order chi connectivity index (χ1) is 21.3. The van der Waals surface area contributed by atoms with Crippen molar-refractivity contribution in [3.05, 3.63) is 40.4 Å². The molecule has 2 aromatic carbocycles. The Morgan fingerprint density at radius 1 is 1.20 bits per heavy atom. The van der Waals surface area contributed by atoms with Crippen LogP contribution in [0.25, 0.3) is 32.2 Å². The number of alkyl halides is 1. The number of nitrogens with two attached hydrogens (primary N) is 1. The molecule has 0 radical (unpaired) electrons. The van der Waals surface area contributed by atoms with Gasteiger partial charge in [0.05, 0.1) is 26.5 Å². The van der Waals surface area contributed by atoms with E-state index in [4.69, 9.17) is 22.1 Å². The molecule has 0 amide bonds. The summed E-state index contributed by atoms with van der Waals surface area (Å²) in [5.41, 5.74) is 6.69. The first-order valence-electron chi connectivity index (χ1n) is 14.9. The van der Waals surface area contributed by atoms with Crippen LogP contribution in [-0.4, -0.2) is 71.4 Å². The van der Waals surface area contributed by atoms with Crippen molar-refractivity contribution in [3.8, 4) is 23.1 Å². The van der Waals surface area contributed by atoms with Gasteiger partial charge in [-0.3, -0.25) is 4.90 Å². The highest BCUT2D eigenvalue weighted by atomic mass is 35.5. The third-order valence-corrected chi connectivity index (χ3v) is 11.1. The van der Waals surface area contributed by atoms with Crippen LogP contribution in [0.3, 0.4) is 0 Å². The first-order valence-corrected chi connectivity index (χ1v) is 16.1. The number of fused-ring (bicyclic) bond motifs is 5. The van der Waals surface area contributed by atoms with Crippen molar-refractivity contribution in [1.29, 1.82) is 5.26 Å². The number of nitrogen functional groups attached to an aromatic ring is 1. The minimum atomic E-state index is -0.944. The fourth-order valence-electron chi connectivity index (χ4n) is 8.00. The Kier molecular flexibility index (Phi) is 6.61. The Bertz CT molecular complexity index is 1870. The Balaban J connectivity index is 1.34. The highest BCUT2D eigenvalue weighted by molar-refractivity contribution is 7.22. The highest BCUT2D eigenvalue weighted by Crippen LogP contribution is 2.48. The summed E-state index contributed by atoms with van der Waals surface area (Å²) in [5, 5.41) is 14.6. The Morgan fingerprint density at radius 2 is 2.00 bits per heavy atom. The topological polar surface area (TPSA) is 103 Å². The molecular weight excluding hydrogens is 611 g/mol. The molecule has 13 heteroatoms. The summed E-state index contributed by atoms with van der Waals surface area (Å²) in [6.07, 6.45) is 2.97. The van der Waals surface area contributed by atoms with E-state index in [0.717, 1.165) is 56.7 Å². The third kappa shape index (κ3) is 4.16. The molecular formula is C31H29ClF3N7OS. The number of piperazine rings is 1. The number of hydrogen-bond acceptors (Lipinski definition) is 9. The zero-order valence-corrected chi connectivity index (χ0v) is 25.2. The molecule has 4 fully saturated rings. The maximum atomic E-state index is 16.9. The van der Waals surface area contributed by atoms with E-state index in [1.54, 1.807) is 6.07 Å². The molecule has 2 aromatic heterocycles. The minimum absolute atomic E-state index is 0.0115. The molecule has 6 heterocycles. The molecule has 3 N–H and O–H groups in total. The summed E-state index contributed by atoms with van der Waals surface area (Å²) >= 11 is 7.82. The first kappa shape index (κ1) is 28.1. The van der Waals surface area contributed by atoms with Crippen LogP contribution in [0.5, 0.6) is 5.88 Å². The van der Waals surface area contributed by atoms with Crippen molar-refractivity contribution in [3.63, 3.8) is 0 Å². The maximum Gasteiger partial charge on any atom is 0.234 e. The van der Waals surface area contributed by atoms with Gasteiger partial charge in [-0.15, -0.1) is 0 Å². The molecule has 44 heavy (non-hydrogen) atoms. The Hall–Kier alpha value is -3.37. The van der Waals surface area contributed by atoms with Crippen LogP contribution in [0, 0.1) is 23.0 Å². The summed E-state index contributed by atoms with van der Waals surface area (Å²) in [6.45, 7) is 2.75. The number of nitrogens with one attached hydrogen (secondary N) is 1. The number of thiazole rings is 1. The molecule has 4 aliphatic heterocycles. The van der Waals surface area contributed by atoms with Gasteiger partial charge in [-0.1, -0.05) is 22.9 Å². The summed E-state index contributed by atoms with van der Waals surface area (Å²) in [6, 6.07) is 6.83. The molecule has 0 saturated carbocycles. The van der Waals surface area contributed by atoms with Crippen molar-refractivity contribution in [1.82, 2.24) is 20.2 Å². The smallest absolute Gasteiger partial charge is 0.234 e. The second kappa shape index (κ2) is 10.3. The van der Waals surface area contributed by atoms with E-state index in [1.807, 2.05) is 0 Å². The number of pyridine rings is 1. The van der Waals surface area contributed by atoms with Crippen molar-refractivity contribution in [2.75, 3.05) is 43.4 Å². The monoisotopic (exact) mass is 639 g/mol. The molecule has 4 aromatic rings. The van der Waals surface area contributed by atoms with Gasteiger partial charge in [0, 0.05) is 54.7 Å².